The molecular formula is C20H24N2O4S2. The third kappa shape index (κ3) is 4.34. The number of hydrogen-bond acceptors (Lipinski definition) is 6. The van der Waals surface area contributed by atoms with Crippen LogP contribution in [-0.2, 0) is 9.84 Å². The first-order valence-electron chi connectivity index (χ1n) is 8.91. The number of benzene rings is 2. The van der Waals surface area contributed by atoms with Gasteiger partial charge in [0.25, 0.3) is 5.91 Å². The van der Waals surface area contributed by atoms with Gasteiger partial charge in [0.1, 0.15) is 5.75 Å². The number of nitrogens with zero attached hydrogens (tertiary/aromatic N) is 1. The molecule has 2 aromatic carbocycles. The molecule has 1 aliphatic rings. The average Bonchev–Trinajstić information content (AvgIpc) is 2.91. The number of carbonyl (C=O) groups is 1. The summed E-state index contributed by atoms with van der Waals surface area (Å²) in [7, 11) is 1.91. The molecule has 1 aliphatic heterocycles. The maximum atomic E-state index is 12.7. The number of amides is 1. The van der Waals surface area contributed by atoms with Gasteiger partial charge in [-0.25, -0.2) is 8.42 Å². The molecule has 3 rings (SSSR count). The van der Waals surface area contributed by atoms with E-state index in [0.29, 0.717) is 30.0 Å². The highest BCUT2D eigenvalue weighted by atomic mass is 32.2. The first kappa shape index (κ1) is 20.7. The van der Waals surface area contributed by atoms with Crippen LogP contribution in [0.4, 0.5) is 0 Å². The summed E-state index contributed by atoms with van der Waals surface area (Å²) in [5, 5.41) is 2.54. The summed E-state index contributed by atoms with van der Waals surface area (Å²) < 4.78 is 30.9. The van der Waals surface area contributed by atoms with Crippen LogP contribution in [0.25, 0.3) is 0 Å². The Morgan fingerprint density at radius 3 is 2.57 bits per heavy atom. The maximum absolute atomic E-state index is 12.7. The second-order valence-electron chi connectivity index (χ2n) is 6.82. The minimum atomic E-state index is -3.42. The van der Waals surface area contributed by atoms with E-state index < -0.39 is 9.84 Å². The molecule has 150 valence electrons. The smallest absolute Gasteiger partial charge is 0.255 e. The number of likely N-dealkylation sites (N-methyl/N-ethyl adjacent to an activating group) is 1. The fraction of sp³-hybridized carbons (Fsp3) is 0.350. The standard InChI is InChI=1S/C20H24N2O4S2/c1-22(2)12-11-21-20(23)15-9-10-17-18(19(15)26-3)16(13-28(17,24)25)27-14-7-5-4-6-8-14/h4-10,16H,11-13H2,1-3H3,(H,21,23). The Balaban J connectivity index is 1.97. The van der Waals surface area contributed by atoms with E-state index in [4.69, 9.17) is 4.74 Å². The van der Waals surface area contributed by atoms with E-state index in [-0.39, 0.29) is 21.8 Å². The molecule has 1 heterocycles. The topological polar surface area (TPSA) is 75.7 Å². The number of carbonyl (C=O) groups excluding carboxylic acids is 1. The second-order valence-corrected chi connectivity index (χ2v) is 10.1. The maximum Gasteiger partial charge on any atom is 0.255 e. The van der Waals surface area contributed by atoms with E-state index in [1.165, 1.54) is 31.0 Å². The van der Waals surface area contributed by atoms with Gasteiger partial charge in [-0.1, -0.05) is 18.2 Å². The molecule has 2 aromatic rings. The van der Waals surface area contributed by atoms with Crippen LogP contribution in [0.1, 0.15) is 21.2 Å². The fourth-order valence-electron chi connectivity index (χ4n) is 3.17. The molecule has 0 fully saturated rings. The monoisotopic (exact) mass is 420 g/mol. The number of rotatable bonds is 7. The van der Waals surface area contributed by atoms with Gasteiger partial charge in [-0.05, 0) is 38.4 Å². The van der Waals surface area contributed by atoms with Gasteiger partial charge >= 0.3 is 0 Å². The van der Waals surface area contributed by atoms with Crippen molar-refractivity contribution in [2.75, 3.05) is 40.0 Å². The van der Waals surface area contributed by atoms with Crippen molar-refractivity contribution in [3.05, 3.63) is 53.6 Å². The van der Waals surface area contributed by atoms with Crippen LogP contribution in [0.2, 0.25) is 0 Å². The molecule has 1 N–H and O–H groups in total. The minimum absolute atomic E-state index is 0.00996. The molecule has 0 saturated carbocycles. The molecule has 0 radical (unpaired) electrons. The summed E-state index contributed by atoms with van der Waals surface area (Å²) in [5.74, 6) is 0.0628. The van der Waals surface area contributed by atoms with Crippen LogP contribution < -0.4 is 10.1 Å². The zero-order valence-corrected chi connectivity index (χ0v) is 17.8. The molecule has 28 heavy (non-hydrogen) atoms. The third-order valence-corrected chi connectivity index (χ3v) is 7.74. The molecule has 8 heteroatoms. The Labute approximate surface area is 170 Å². The van der Waals surface area contributed by atoms with Gasteiger partial charge in [0, 0.05) is 23.5 Å². The van der Waals surface area contributed by atoms with Crippen LogP contribution in [0.15, 0.2) is 52.3 Å². The predicted octanol–water partition coefficient (Wildman–Crippen LogP) is 2.61. The molecule has 0 spiro atoms. The predicted molar refractivity (Wildman–Crippen MR) is 111 cm³/mol. The first-order chi connectivity index (χ1) is 13.3. The molecule has 1 atom stereocenters. The van der Waals surface area contributed by atoms with Crippen LogP contribution in [0, 0.1) is 0 Å². The van der Waals surface area contributed by atoms with Crippen molar-refractivity contribution in [2.24, 2.45) is 0 Å². The molecule has 1 unspecified atom stereocenters. The Bertz CT molecular complexity index is 960. The number of hydrogen-bond donors (Lipinski definition) is 1. The number of thioether (sulfide) groups is 1. The highest BCUT2D eigenvalue weighted by Crippen LogP contribution is 2.49. The van der Waals surface area contributed by atoms with E-state index in [2.05, 4.69) is 5.32 Å². The van der Waals surface area contributed by atoms with Gasteiger partial charge in [0.05, 0.1) is 28.6 Å². The van der Waals surface area contributed by atoms with Crippen molar-refractivity contribution in [2.45, 2.75) is 15.0 Å². The van der Waals surface area contributed by atoms with Crippen LogP contribution in [0.5, 0.6) is 5.75 Å². The Hall–Kier alpha value is -2.03. The Morgan fingerprint density at radius 1 is 1.21 bits per heavy atom. The van der Waals surface area contributed by atoms with E-state index >= 15 is 0 Å². The van der Waals surface area contributed by atoms with Gasteiger partial charge in [0.2, 0.25) is 0 Å². The largest absolute Gasteiger partial charge is 0.496 e. The molecule has 6 nitrogen and oxygen atoms in total. The lowest BCUT2D eigenvalue weighted by atomic mass is 10.1. The Kier molecular flexibility index (Phi) is 6.32. The number of nitrogens with one attached hydrogen (secondary N) is 1. The lowest BCUT2D eigenvalue weighted by molar-refractivity contribution is 0.0947. The van der Waals surface area contributed by atoms with E-state index in [0.717, 1.165) is 4.90 Å². The summed E-state index contributed by atoms with van der Waals surface area (Å²) >= 11 is 1.47. The second kappa shape index (κ2) is 8.55. The quantitative estimate of drug-likeness (QED) is 0.742. The number of fused-ring (bicyclic) bond motifs is 1. The van der Waals surface area contributed by atoms with Gasteiger partial charge in [0.15, 0.2) is 9.84 Å². The number of ether oxygens (including phenoxy) is 1. The normalized spacial score (nSPS) is 17.4. The fourth-order valence-corrected chi connectivity index (χ4v) is 6.64. The number of sulfone groups is 1. The highest BCUT2D eigenvalue weighted by Gasteiger charge is 2.39. The summed E-state index contributed by atoms with van der Waals surface area (Å²) in [6.45, 7) is 1.20. The van der Waals surface area contributed by atoms with Gasteiger partial charge in [-0.2, -0.15) is 0 Å². The Morgan fingerprint density at radius 2 is 1.93 bits per heavy atom. The minimum Gasteiger partial charge on any atom is -0.496 e. The van der Waals surface area contributed by atoms with Gasteiger partial charge in [-0.3, -0.25) is 4.79 Å². The lowest BCUT2D eigenvalue weighted by Crippen LogP contribution is -2.31. The van der Waals surface area contributed by atoms with Crippen molar-refractivity contribution in [1.82, 2.24) is 10.2 Å². The first-order valence-corrected chi connectivity index (χ1v) is 11.4. The SMILES string of the molecule is COc1c(C(=O)NCCN(C)C)ccc2c1C(Sc1ccccc1)CS2(=O)=O. The van der Waals surface area contributed by atoms with Crippen molar-refractivity contribution in [3.8, 4) is 5.75 Å². The average molecular weight is 421 g/mol. The summed E-state index contributed by atoms with van der Waals surface area (Å²) in [6, 6.07) is 12.7. The van der Waals surface area contributed by atoms with Crippen molar-refractivity contribution >= 4 is 27.5 Å². The summed E-state index contributed by atoms with van der Waals surface area (Å²) in [6.07, 6.45) is 0. The summed E-state index contributed by atoms with van der Waals surface area (Å²) in [4.78, 5) is 15.9. The van der Waals surface area contributed by atoms with Crippen LogP contribution in [0.3, 0.4) is 0 Å². The van der Waals surface area contributed by atoms with Crippen molar-refractivity contribution in [1.29, 1.82) is 0 Å². The van der Waals surface area contributed by atoms with Gasteiger partial charge < -0.3 is 15.0 Å². The van der Waals surface area contributed by atoms with E-state index in [1.54, 1.807) is 0 Å². The zero-order chi connectivity index (χ0) is 20.3. The molecule has 0 saturated heterocycles. The molecule has 1 amide bonds. The van der Waals surface area contributed by atoms with E-state index in [9.17, 15) is 13.2 Å². The highest BCUT2D eigenvalue weighted by molar-refractivity contribution is 8.01. The molecule has 0 aromatic heterocycles. The molecular weight excluding hydrogens is 396 g/mol. The number of methoxy groups -OCH3 is 1. The van der Waals surface area contributed by atoms with Crippen LogP contribution in [-0.4, -0.2) is 59.3 Å². The zero-order valence-electron chi connectivity index (χ0n) is 16.1. The van der Waals surface area contributed by atoms with Gasteiger partial charge in [-0.15, -0.1) is 11.8 Å². The van der Waals surface area contributed by atoms with E-state index in [1.807, 2.05) is 49.3 Å². The summed E-state index contributed by atoms with van der Waals surface area (Å²) in [5.41, 5.74) is 0.937. The van der Waals surface area contributed by atoms with Crippen molar-refractivity contribution < 1.29 is 17.9 Å². The van der Waals surface area contributed by atoms with Crippen LogP contribution >= 0.6 is 11.8 Å². The third-order valence-electron chi connectivity index (χ3n) is 4.50. The molecule has 0 aliphatic carbocycles. The molecule has 0 bridgehead atoms. The van der Waals surface area contributed by atoms with Crippen molar-refractivity contribution in [3.63, 3.8) is 0 Å². The lowest BCUT2D eigenvalue weighted by Gasteiger charge is -2.17.